The topological polar surface area (TPSA) is 59.0 Å². The molecular formula is C9H9ClN4OS2. The molecule has 0 fully saturated rings. The van der Waals surface area contributed by atoms with Crippen molar-refractivity contribution in [3.05, 3.63) is 25.6 Å². The monoisotopic (exact) mass is 288 g/mol. The molecule has 17 heavy (non-hydrogen) atoms. The van der Waals surface area contributed by atoms with E-state index in [4.69, 9.17) is 11.6 Å². The molecule has 5 nitrogen and oxygen atoms in total. The van der Waals surface area contributed by atoms with Gasteiger partial charge in [-0.3, -0.25) is 4.79 Å². The first-order valence-electron chi connectivity index (χ1n) is 4.71. The van der Waals surface area contributed by atoms with Gasteiger partial charge in [-0.1, -0.05) is 11.3 Å². The molecule has 0 aromatic carbocycles. The summed E-state index contributed by atoms with van der Waals surface area (Å²) in [6.45, 7) is 2.44. The van der Waals surface area contributed by atoms with Crippen molar-refractivity contribution >= 4 is 40.2 Å². The highest BCUT2D eigenvalue weighted by Gasteiger charge is 2.18. The molecule has 0 saturated carbocycles. The quantitative estimate of drug-likeness (QED) is 0.869. The maximum Gasteiger partial charge on any atom is 0.284 e. The van der Waals surface area contributed by atoms with Gasteiger partial charge in [0.05, 0.1) is 17.7 Å². The SMILES string of the molecule is Cc1ncsc1CN(C)C(=O)c1nnc(Cl)s1. The molecule has 2 rings (SSSR count). The largest absolute Gasteiger partial charge is 0.334 e. The summed E-state index contributed by atoms with van der Waals surface area (Å²) in [5.41, 5.74) is 2.72. The van der Waals surface area contributed by atoms with Crippen LogP contribution in [0.3, 0.4) is 0 Å². The van der Waals surface area contributed by atoms with Gasteiger partial charge in [-0.15, -0.1) is 21.5 Å². The van der Waals surface area contributed by atoms with Gasteiger partial charge in [-0.25, -0.2) is 4.98 Å². The molecule has 2 heterocycles. The second-order valence-electron chi connectivity index (χ2n) is 3.38. The third kappa shape index (κ3) is 2.80. The molecule has 90 valence electrons. The van der Waals surface area contributed by atoms with Gasteiger partial charge in [0.1, 0.15) is 0 Å². The fraction of sp³-hybridized carbons (Fsp3) is 0.333. The number of hydrogen-bond donors (Lipinski definition) is 0. The van der Waals surface area contributed by atoms with E-state index in [0.29, 0.717) is 11.6 Å². The highest BCUT2D eigenvalue weighted by molar-refractivity contribution is 7.17. The number of amides is 1. The predicted octanol–water partition coefficient (Wildman–Crippen LogP) is 2.23. The normalized spacial score (nSPS) is 10.5. The van der Waals surface area contributed by atoms with Gasteiger partial charge in [-0.05, 0) is 18.5 Å². The molecule has 0 saturated heterocycles. The minimum absolute atomic E-state index is 0.179. The van der Waals surface area contributed by atoms with Crippen LogP contribution in [0, 0.1) is 6.92 Å². The molecule has 0 radical (unpaired) electrons. The van der Waals surface area contributed by atoms with Crippen LogP contribution in [0.1, 0.15) is 20.4 Å². The lowest BCUT2D eigenvalue weighted by atomic mass is 10.3. The molecule has 0 unspecified atom stereocenters. The van der Waals surface area contributed by atoms with Crippen LogP contribution in [0.2, 0.25) is 4.47 Å². The Bertz CT molecular complexity index is 539. The van der Waals surface area contributed by atoms with E-state index in [0.717, 1.165) is 21.9 Å². The highest BCUT2D eigenvalue weighted by atomic mass is 35.5. The second kappa shape index (κ2) is 5.07. The number of nitrogens with zero attached hydrogens (tertiary/aromatic N) is 4. The smallest absolute Gasteiger partial charge is 0.284 e. The lowest BCUT2D eigenvalue weighted by molar-refractivity contribution is 0.0785. The van der Waals surface area contributed by atoms with E-state index in [1.54, 1.807) is 17.5 Å². The maximum atomic E-state index is 12.0. The van der Waals surface area contributed by atoms with Crippen LogP contribution >= 0.6 is 34.3 Å². The Morgan fingerprint density at radius 3 is 2.82 bits per heavy atom. The number of thiazole rings is 1. The molecule has 2 aromatic rings. The fourth-order valence-electron chi connectivity index (χ4n) is 1.22. The fourth-order valence-corrected chi connectivity index (χ4v) is 2.87. The molecular weight excluding hydrogens is 280 g/mol. The molecule has 0 aliphatic rings. The van der Waals surface area contributed by atoms with Gasteiger partial charge in [0.15, 0.2) is 0 Å². The van der Waals surface area contributed by atoms with Crippen LogP contribution < -0.4 is 0 Å². The van der Waals surface area contributed by atoms with Gasteiger partial charge in [-0.2, -0.15) is 0 Å². The van der Waals surface area contributed by atoms with Crippen LogP contribution in [-0.4, -0.2) is 33.0 Å². The molecule has 0 aliphatic carbocycles. The summed E-state index contributed by atoms with van der Waals surface area (Å²) in [5, 5.41) is 7.64. The average molecular weight is 289 g/mol. The molecule has 0 N–H and O–H groups in total. The number of carbonyl (C=O) groups excluding carboxylic acids is 1. The van der Waals surface area contributed by atoms with Crippen LogP contribution in [-0.2, 0) is 6.54 Å². The van der Waals surface area contributed by atoms with Gasteiger partial charge in [0.25, 0.3) is 5.91 Å². The third-order valence-corrected chi connectivity index (χ3v) is 4.08. The number of aromatic nitrogens is 3. The average Bonchev–Trinajstić information content (AvgIpc) is 2.88. The van der Waals surface area contributed by atoms with E-state index in [2.05, 4.69) is 15.2 Å². The van der Waals surface area contributed by atoms with Crippen molar-refractivity contribution in [1.29, 1.82) is 0 Å². The van der Waals surface area contributed by atoms with Crippen LogP contribution in [0.5, 0.6) is 0 Å². The van der Waals surface area contributed by atoms with Crippen LogP contribution in [0.25, 0.3) is 0 Å². The lowest BCUT2D eigenvalue weighted by Gasteiger charge is -2.14. The van der Waals surface area contributed by atoms with E-state index in [1.807, 2.05) is 6.92 Å². The van der Waals surface area contributed by atoms with Gasteiger partial charge in [0.2, 0.25) is 9.47 Å². The molecule has 8 heteroatoms. The molecule has 2 aromatic heterocycles. The first-order chi connectivity index (χ1) is 8.08. The van der Waals surface area contributed by atoms with Gasteiger partial charge >= 0.3 is 0 Å². The van der Waals surface area contributed by atoms with E-state index < -0.39 is 0 Å². The summed E-state index contributed by atoms with van der Waals surface area (Å²) in [4.78, 5) is 18.7. The number of halogens is 1. The zero-order chi connectivity index (χ0) is 12.4. The minimum Gasteiger partial charge on any atom is -0.334 e. The van der Waals surface area contributed by atoms with Crippen molar-refractivity contribution in [2.24, 2.45) is 0 Å². The standard InChI is InChI=1S/C9H9ClN4OS2/c1-5-6(16-4-11-5)3-14(2)8(15)7-12-13-9(10)17-7/h4H,3H2,1-2H3. The summed E-state index contributed by atoms with van der Waals surface area (Å²) < 4.78 is 0.274. The van der Waals surface area contributed by atoms with E-state index >= 15 is 0 Å². The minimum atomic E-state index is -0.179. The Hall–Kier alpha value is -1.05. The molecule has 0 atom stereocenters. The highest BCUT2D eigenvalue weighted by Crippen LogP contribution is 2.19. The lowest BCUT2D eigenvalue weighted by Crippen LogP contribution is -2.26. The summed E-state index contributed by atoms with van der Waals surface area (Å²) in [7, 11) is 1.72. The molecule has 0 aliphatic heterocycles. The second-order valence-corrected chi connectivity index (χ2v) is 5.88. The van der Waals surface area contributed by atoms with Crippen LogP contribution in [0.4, 0.5) is 0 Å². The van der Waals surface area contributed by atoms with E-state index in [-0.39, 0.29) is 10.4 Å². The van der Waals surface area contributed by atoms with Gasteiger partial charge < -0.3 is 4.90 Å². The summed E-state index contributed by atoms with van der Waals surface area (Å²) >= 11 is 8.26. The Morgan fingerprint density at radius 1 is 1.53 bits per heavy atom. The number of aryl methyl sites for hydroxylation is 1. The molecule has 0 bridgehead atoms. The van der Waals surface area contributed by atoms with Crippen LogP contribution in [0.15, 0.2) is 5.51 Å². The molecule has 0 spiro atoms. The summed E-state index contributed by atoms with van der Waals surface area (Å²) in [6.07, 6.45) is 0. The summed E-state index contributed by atoms with van der Waals surface area (Å²) in [5.74, 6) is -0.179. The van der Waals surface area contributed by atoms with Crippen molar-refractivity contribution < 1.29 is 4.79 Å². The van der Waals surface area contributed by atoms with E-state index in [1.165, 1.54) is 11.3 Å². The maximum absolute atomic E-state index is 12.0. The Kier molecular flexibility index (Phi) is 3.70. The summed E-state index contributed by atoms with van der Waals surface area (Å²) in [6, 6.07) is 0. The third-order valence-electron chi connectivity index (χ3n) is 2.16. The number of hydrogen-bond acceptors (Lipinski definition) is 6. The number of rotatable bonds is 3. The van der Waals surface area contributed by atoms with Crippen molar-refractivity contribution in [2.45, 2.75) is 13.5 Å². The zero-order valence-electron chi connectivity index (χ0n) is 9.18. The Balaban J connectivity index is 2.08. The first kappa shape index (κ1) is 12.4. The predicted molar refractivity (Wildman–Crippen MR) is 67.6 cm³/mol. The van der Waals surface area contributed by atoms with Gasteiger partial charge in [0, 0.05) is 11.9 Å². The van der Waals surface area contributed by atoms with Crippen molar-refractivity contribution in [2.75, 3.05) is 7.05 Å². The molecule has 1 amide bonds. The van der Waals surface area contributed by atoms with Crippen molar-refractivity contribution in [1.82, 2.24) is 20.1 Å². The van der Waals surface area contributed by atoms with Crippen molar-refractivity contribution in [3.8, 4) is 0 Å². The van der Waals surface area contributed by atoms with Crippen molar-refractivity contribution in [3.63, 3.8) is 0 Å². The Morgan fingerprint density at radius 2 is 2.29 bits per heavy atom. The number of carbonyl (C=O) groups is 1. The zero-order valence-corrected chi connectivity index (χ0v) is 11.6. The van der Waals surface area contributed by atoms with E-state index in [9.17, 15) is 4.79 Å². The first-order valence-corrected chi connectivity index (χ1v) is 6.78. The Labute approximate surface area is 111 Å².